The van der Waals surface area contributed by atoms with E-state index in [9.17, 15) is 19.2 Å². The van der Waals surface area contributed by atoms with Gasteiger partial charge in [-0.2, -0.15) is 0 Å². The number of aryl methyl sites for hydroxylation is 1. The number of allylic oxidation sites excluding steroid dienone is 2. The molecule has 3 aromatic rings. The van der Waals surface area contributed by atoms with Gasteiger partial charge in [-0.3, -0.25) is 9.59 Å². The monoisotopic (exact) mass is 618 g/mol. The average molecular weight is 619 g/mol. The first-order valence-corrected chi connectivity index (χ1v) is 15.1. The molecule has 1 N–H and O–H groups in total. The van der Waals surface area contributed by atoms with E-state index in [0.717, 1.165) is 18.4 Å². The summed E-state index contributed by atoms with van der Waals surface area (Å²) in [5, 5.41) is 3.28. The third kappa shape index (κ3) is 8.97. The number of esters is 1. The highest BCUT2D eigenvalue weighted by Crippen LogP contribution is 2.30. The number of fused-ring (bicyclic) bond motifs is 1. The average Bonchev–Trinajstić information content (AvgIpc) is 2.96. The number of hydrogen-bond acceptors (Lipinski definition) is 8. The van der Waals surface area contributed by atoms with Crippen molar-refractivity contribution in [3.8, 4) is 11.5 Å². The minimum atomic E-state index is -0.697. The molecule has 1 atom stereocenters. The molecule has 240 valence electrons. The zero-order valence-corrected chi connectivity index (χ0v) is 27.1. The van der Waals surface area contributed by atoms with Crippen molar-refractivity contribution in [3.05, 3.63) is 75.2 Å². The van der Waals surface area contributed by atoms with Crippen LogP contribution in [0.4, 0.5) is 10.5 Å². The smallest absolute Gasteiger partial charge is 0.410 e. The Morgan fingerprint density at radius 1 is 1.07 bits per heavy atom. The number of benzene rings is 2. The lowest BCUT2D eigenvalue weighted by Crippen LogP contribution is -2.44. The fourth-order valence-corrected chi connectivity index (χ4v) is 5.09. The number of nitrogens with one attached hydrogen (secondary N) is 1. The predicted octanol–water partition coefficient (Wildman–Crippen LogP) is 6.81. The number of carbonyl (C=O) groups excluding carboxylic acids is 3. The van der Waals surface area contributed by atoms with Crippen LogP contribution in [0.3, 0.4) is 0 Å². The van der Waals surface area contributed by atoms with Crippen LogP contribution in [0.1, 0.15) is 75.9 Å². The van der Waals surface area contributed by atoms with E-state index < -0.39 is 23.1 Å². The van der Waals surface area contributed by atoms with Crippen molar-refractivity contribution in [2.24, 2.45) is 5.92 Å². The summed E-state index contributed by atoms with van der Waals surface area (Å²) >= 11 is 0. The van der Waals surface area contributed by atoms with E-state index in [4.69, 9.17) is 18.6 Å². The number of anilines is 1. The van der Waals surface area contributed by atoms with Gasteiger partial charge in [0, 0.05) is 42.4 Å². The molecule has 1 aromatic heterocycles. The molecule has 1 unspecified atom stereocenters. The maximum Gasteiger partial charge on any atom is 0.410 e. The molecule has 0 spiro atoms. The van der Waals surface area contributed by atoms with Crippen molar-refractivity contribution in [2.45, 2.75) is 73.3 Å². The summed E-state index contributed by atoms with van der Waals surface area (Å²) < 4.78 is 22.6. The molecule has 2 heterocycles. The van der Waals surface area contributed by atoms with Gasteiger partial charge in [0.05, 0.1) is 6.61 Å². The van der Waals surface area contributed by atoms with Crippen LogP contribution in [0.25, 0.3) is 11.0 Å². The molecule has 4 rings (SSSR count). The normalized spacial score (nSPS) is 14.9. The van der Waals surface area contributed by atoms with E-state index in [1.807, 2.05) is 47.6 Å². The van der Waals surface area contributed by atoms with Crippen molar-refractivity contribution in [1.82, 2.24) is 4.90 Å². The summed E-state index contributed by atoms with van der Waals surface area (Å²) in [7, 11) is 0. The van der Waals surface area contributed by atoms with Crippen molar-refractivity contribution in [3.63, 3.8) is 0 Å². The number of carbonyl (C=O) groups is 3. The summed E-state index contributed by atoms with van der Waals surface area (Å²) in [5.74, 6) is 0.130. The van der Waals surface area contributed by atoms with Crippen LogP contribution in [-0.2, 0) is 16.0 Å². The maximum atomic E-state index is 13.1. The van der Waals surface area contributed by atoms with E-state index in [2.05, 4.69) is 5.32 Å². The van der Waals surface area contributed by atoms with Gasteiger partial charge in [-0.15, -0.1) is 0 Å². The van der Waals surface area contributed by atoms with E-state index in [0.29, 0.717) is 65.3 Å². The van der Waals surface area contributed by atoms with Gasteiger partial charge in [-0.05, 0) is 103 Å². The third-order valence-corrected chi connectivity index (χ3v) is 7.30. The zero-order valence-electron chi connectivity index (χ0n) is 27.1. The predicted molar refractivity (Wildman–Crippen MR) is 172 cm³/mol. The molecule has 1 saturated heterocycles. The number of likely N-dealkylation sites (tertiary alicyclic amines) is 1. The van der Waals surface area contributed by atoms with Crippen LogP contribution in [0.2, 0.25) is 0 Å². The number of amides is 2. The lowest BCUT2D eigenvalue weighted by Gasteiger charge is -2.34. The maximum absolute atomic E-state index is 13.1. The minimum Gasteiger partial charge on any atom is -0.493 e. The van der Waals surface area contributed by atoms with Crippen LogP contribution in [-0.4, -0.2) is 48.2 Å². The highest BCUT2D eigenvalue weighted by molar-refractivity contribution is 6.05. The number of rotatable bonds is 8. The van der Waals surface area contributed by atoms with E-state index in [1.165, 1.54) is 13.0 Å². The lowest BCUT2D eigenvalue weighted by molar-refractivity contribution is -0.131. The van der Waals surface area contributed by atoms with Crippen LogP contribution in [0, 0.1) is 12.8 Å². The fourth-order valence-electron chi connectivity index (χ4n) is 5.09. The van der Waals surface area contributed by atoms with Crippen molar-refractivity contribution in [1.29, 1.82) is 0 Å². The highest BCUT2D eigenvalue weighted by atomic mass is 16.6. The van der Waals surface area contributed by atoms with Gasteiger partial charge in [0.2, 0.25) is 0 Å². The first-order valence-electron chi connectivity index (χ1n) is 15.1. The van der Waals surface area contributed by atoms with Gasteiger partial charge in [0.1, 0.15) is 28.4 Å². The number of piperidine rings is 1. The van der Waals surface area contributed by atoms with Crippen LogP contribution >= 0.6 is 0 Å². The zero-order chi connectivity index (χ0) is 32.9. The van der Waals surface area contributed by atoms with Crippen molar-refractivity contribution in [2.75, 3.05) is 25.0 Å². The largest absolute Gasteiger partial charge is 0.493 e. The Kier molecular flexibility index (Phi) is 10.4. The fraction of sp³-hybridized carbons (Fsp3) is 0.429. The number of ether oxygens (including phenoxy) is 3. The second-order valence-corrected chi connectivity index (χ2v) is 12.7. The molecular weight excluding hydrogens is 576 g/mol. The Hall–Kier alpha value is -4.60. The number of hydrogen-bond donors (Lipinski definition) is 1. The molecule has 2 amide bonds. The first-order chi connectivity index (χ1) is 21.2. The summed E-state index contributed by atoms with van der Waals surface area (Å²) in [6.45, 7) is 14.2. The Balaban J connectivity index is 1.47. The quantitative estimate of drug-likeness (QED) is 0.126. The molecule has 1 aliphatic heterocycles. The summed E-state index contributed by atoms with van der Waals surface area (Å²) in [6.07, 6.45) is 3.90. The molecule has 0 aliphatic carbocycles. The van der Waals surface area contributed by atoms with Gasteiger partial charge in [-0.1, -0.05) is 11.6 Å². The molecule has 0 radical (unpaired) electrons. The van der Waals surface area contributed by atoms with Gasteiger partial charge in [-0.25, -0.2) is 9.59 Å². The minimum absolute atomic E-state index is 0.0000748. The topological polar surface area (TPSA) is 124 Å². The van der Waals surface area contributed by atoms with E-state index >= 15 is 0 Å². The van der Waals surface area contributed by atoms with Crippen LogP contribution in [0.15, 0.2) is 57.3 Å². The third-order valence-electron chi connectivity index (χ3n) is 7.30. The molecule has 10 nitrogen and oxygen atoms in total. The van der Waals surface area contributed by atoms with Crippen molar-refractivity contribution >= 4 is 34.6 Å². The summed E-state index contributed by atoms with van der Waals surface area (Å²) in [4.78, 5) is 51.9. The first kappa shape index (κ1) is 33.3. The Bertz CT molecular complexity index is 1680. The van der Waals surface area contributed by atoms with Gasteiger partial charge < -0.3 is 28.8 Å². The van der Waals surface area contributed by atoms with Gasteiger partial charge in [0.15, 0.2) is 0 Å². The lowest BCUT2D eigenvalue weighted by atomic mass is 9.99. The van der Waals surface area contributed by atoms with Crippen LogP contribution in [0.5, 0.6) is 11.5 Å². The molecule has 1 aliphatic rings. The van der Waals surface area contributed by atoms with Gasteiger partial charge >= 0.3 is 17.7 Å². The molecular formula is C35H42N2O8. The number of nitrogens with zero attached hydrogens (tertiary/aromatic N) is 1. The highest BCUT2D eigenvalue weighted by Gasteiger charge is 2.28. The van der Waals surface area contributed by atoms with Crippen molar-refractivity contribution < 1.29 is 33.0 Å². The van der Waals surface area contributed by atoms with E-state index in [-0.39, 0.29) is 17.7 Å². The summed E-state index contributed by atoms with van der Waals surface area (Å²) in [6, 6.07) is 9.90. The second kappa shape index (κ2) is 14.0. The van der Waals surface area contributed by atoms with Gasteiger partial charge in [0.25, 0.3) is 5.91 Å². The molecule has 2 aromatic carbocycles. The summed E-state index contributed by atoms with van der Waals surface area (Å²) in [5.41, 5.74) is 1.82. The Morgan fingerprint density at radius 2 is 1.80 bits per heavy atom. The second-order valence-electron chi connectivity index (χ2n) is 12.7. The molecule has 10 heteroatoms. The SMILES string of the molecule is CC(=O)Oc1ccc(C(=O)Nc2cc3ccc(OCC4CCCN(C(=O)OC(C)(C)C)C4)c(C)c3oc2=O)cc1CC=C(C)C. The molecule has 1 fully saturated rings. The standard InChI is InChI=1S/C35H42N2O8/c1-21(2)10-11-25-17-27(13-15-30(25)43-23(4)38)32(39)36-28-18-26-12-14-29(22(3)31(26)44-33(28)40)42-20-24-9-8-16-37(19-24)34(41)45-35(5,6)7/h10,12-15,17-18,24H,8-9,11,16,19-20H2,1-7H3,(H,36,39). The van der Waals surface area contributed by atoms with E-state index in [1.54, 1.807) is 35.2 Å². The molecule has 0 bridgehead atoms. The molecule has 45 heavy (non-hydrogen) atoms. The van der Waals surface area contributed by atoms with Crippen LogP contribution < -0.4 is 20.4 Å². The molecule has 0 saturated carbocycles. The Morgan fingerprint density at radius 3 is 2.49 bits per heavy atom. The Labute approximate surface area is 263 Å².